The largest absolute Gasteiger partial charge is 0.245 e. The minimum atomic E-state index is 0.436. The Morgan fingerprint density at radius 1 is 0.606 bits per heavy atom. The first-order valence-corrected chi connectivity index (χ1v) is 12.2. The fourth-order valence-electron chi connectivity index (χ4n) is 1.84. The summed E-state index contributed by atoms with van der Waals surface area (Å²) >= 11 is 0. The van der Waals surface area contributed by atoms with Gasteiger partial charge >= 0.3 is 0 Å². The van der Waals surface area contributed by atoms with Crippen LogP contribution in [0.5, 0.6) is 0 Å². The van der Waals surface area contributed by atoms with Crippen molar-refractivity contribution in [3.8, 4) is 0 Å². The Hall–Kier alpha value is -2.76. The van der Waals surface area contributed by atoms with Crippen LogP contribution < -0.4 is 0 Å². The summed E-state index contributed by atoms with van der Waals surface area (Å²) < 4.78 is 0. The molecule has 0 aliphatic heterocycles. The molecule has 6 heteroatoms. The Bertz CT molecular complexity index is 614. The smallest absolute Gasteiger partial charge is 0.130 e. The molecular formula is C27H48N6. The fourth-order valence-corrected chi connectivity index (χ4v) is 1.84. The monoisotopic (exact) mass is 456 g/mol. The Kier molecular flexibility index (Phi) is 26.9. The third kappa shape index (κ3) is 19.6. The Morgan fingerprint density at radius 2 is 1.12 bits per heavy atom. The van der Waals surface area contributed by atoms with Gasteiger partial charge in [0.2, 0.25) is 0 Å². The lowest BCUT2D eigenvalue weighted by molar-refractivity contribution is 0.774. The van der Waals surface area contributed by atoms with E-state index in [0.717, 1.165) is 11.5 Å². The maximum atomic E-state index is 4.07. The molecule has 0 saturated heterocycles. The van der Waals surface area contributed by atoms with E-state index in [0.29, 0.717) is 17.8 Å². The van der Waals surface area contributed by atoms with Crippen LogP contribution >= 0.6 is 0 Å². The van der Waals surface area contributed by atoms with Crippen molar-refractivity contribution in [1.82, 2.24) is 30.1 Å². The van der Waals surface area contributed by atoms with Crippen molar-refractivity contribution in [2.24, 2.45) is 0 Å². The molecule has 33 heavy (non-hydrogen) atoms. The molecule has 3 heterocycles. The predicted octanol–water partition coefficient (Wildman–Crippen LogP) is 7.88. The van der Waals surface area contributed by atoms with Crippen LogP contribution in [0.1, 0.15) is 118 Å². The highest BCUT2D eigenvalue weighted by molar-refractivity contribution is 5.06. The van der Waals surface area contributed by atoms with E-state index < -0.39 is 0 Å². The third-order valence-electron chi connectivity index (χ3n) is 3.53. The summed E-state index contributed by atoms with van der Waals surface area (Å²) in [5.74, 6) is 2.37. The number of aromatic nitrogens is 6. The lowest BCUT2D eigenvalue weighted by atomic mass is 10.1. The van der Waals surface area contributed by atoms with Crippen molar-refractivity contribution in [2.45, 2.75) is 101 Å². The standard InChI is InChI=1S/3C7H10N2.3C2H6/c1-6(2)7-3-8-5-9-4-7;1-6(2)7-8-4-3-5-9-7;1-6(2)7-4-3-5-8-9-7;3*1-2/h3*3-6H,1-2H3;3*1-2H3. The zero-order valence-electron chi connectivity index (χ0n) is 23.1. The summed E-state index contributed by atoms with van der Waals surface area (Å²) in [5, 5.41) is 7.68. The minimum Gasteiger partial charge on any atom is -0.245 e. The molecule has 3 rings (SSSR count). The van der Waals surface area contributed by atoms with Gasteiger partial charge in [0.05, 0.1) is 5.69 Å². The maximum Gasteiger partial charge on any atom is 0.130 e. The van der Waals surface area contributed by atoms with Gasteiger partial charge in [-0.25, -0.2) is 19.9 Å². The topological polar surface area (TPSA) is 77.3 Å². The van der Waals surface area contributed by atoms with Gasteiger partial charge in [0.15, 0.2) is 0 Å². The van der Waals surface area contributed by atoms with Gasteiger partial charge in [0.1, 0.15) is 12.2 Å². The first-order valence-electron chi connectivity index (χ1n) is 12.2. The van der Waals surface area contributed by atoms with Crippen LogP contribution in [0, 0.1) is 0 Å². The number of nitrogens with zero attached hydrogens (tertiary/aromatic N) is 6. The molecule has 0 spiro atoms. The molecule has 0 aromatic carbocycles. The highest BCUT2D eigenvalue weighted by atomic mass is 15.1. The summed E-state index contributed by atoms with van der Waals surface area (Å²) in [5.41, 5.74) is 2.25. The summed E-state index contributed by atoms with van der Waals surface area (Å²) in [6, 6.07) is 5.71. The van der Waals surface area contributed by atoms with Gasteiger partial charge in [-0.05, 0) is 35.6 Å². The van der Waals surface area contributed by atoms with E-state index >= 15 is 0 Å². The second kappa shape index (κ2) is 25.5. The predicted molar refractivity (Wildman–Crippen MR) is 142 cm³/mol. The normalized spacial score (nSPS) is 8.82. The highest BCUT2D eigenvalue weighted by Gasteiger charge is 1.98. The summed E-state index contributed by atoms with van der Waals surface area (Å²) in [7, 11) is 0. The molecule has 0 aliphatic rings. The molecule has 3 aromatic rings. The average Bonchev–Trinajstić information content (AvgIpc) is 2.90. The first kappa shape index (κ1) is 34.8. The second-order valence-electron chi connectivity index (χ2n) is 6.89. The van der Waals surface area contributed by atoms with Gasteiger partial charge < -0.3 is 0 Å². The molecule has 6 nitrogen and oxygen atoms in total. The van der Waals surface area contributed by atoms with E-state index in [-0.39, 0.29) is 0 Å². The fraction of sp³-hybridized carbons (Fsp3) is 0.556. The molecule has 0 unspecified atom stereocenters. The molecule has 0 aliphatic carbocycles. The molecule has 3 aromatic heterocycles. The van der Waals surface area contributed by atoms with Crippen molar-refractivity contribution in [3.05, 3.63) is 72.6 Å². The lowest BCUT2D eigenvalue weighted by Crippen LogP contribution is -1.93. The zero-order valence-corrected chi connectivity index (χ0v) is 23.1. The molecule has 0 atom stereocenters. The first-order chi connectivity index (χ1) is 15.9. The van der Waals surface area contributed by atoms with E-state index in [4.69, 9.17) is 0 Å². The van der Waals surface area contributed by atoms with Gasteiger partial charge in [-0.3, -0.25) is 0 Å². The summed E-state index contributed by atoms with van der Waals surface area (Å²) in [6.45, 7) is 24.6. The summed E-state index contributed by atoms with van der Waals surface area (Å²) in [6.07, 6.45) is 10.5. The van der Waals surface area contributed by atoms with Crippen LogP contribution in [0.25, 0.3) is 0 Å². The van der Waals surface area contributed by atoms with E-state index in [2.05, 4.69) is 71.7 Å². The van der Waals surface area contributed by atoms with E-state index in [1.54, 1.807) is 24.9 Å². The van der Waals surface area contributed by atoms with Crippen LogP contribution in [0.2, 0.25) is 0 Å². The number of hydrogen-bond donors (Lipinski definition) is 0. The molecule has 0 saturated carbocycles. The van der Waals surface area contributed by atoms with E-state index in [1.165, 1.54) is 5.56 Å². The Labute approximate surface area is 203 Å². The SMILES string of the molecule is CC.CC.CC.CC(C)c1cccnn1.CC(C)c1cncnc1.CC(C)c1ncccn1. The second-order valence-corrected chi connectivity index (χ2v) is 6.89. The Morgan fingerprint density at radius 3 is 1.39 bits per heavy atom. The van der Waals surface area contributed by atoms with Crippen LogP contribution in [0.3, 0.4) is 0 Å². The molecule has 186 valence electrons. The summed E-state index contributed by atoms with van der Waals surface area (Å²) in [4.78, 5) is 15.9. The quantitative estimate of drug-likeness (QED) is 0.399. The zero-order chi connectivity index (χ0) is 26.1. The number of hydrogen-bond acceptors (Lipinski definition) is 6. The van der Waals surface area contributed by atoms with Gasteiger partial charge in [-0.15, -0.1) is 0 Å². The molecule has 0 bridgehead atoms. The number of rotatable bonds is 3. The third-order valence-corrected chi connectivity index (χ3v) is 3.53. The van der Waals surface area contributed by atoms with Crippen LogP contribution in [-0.2, 0) is 0 Å². The van der Waals surface area contributed by atoms with Gasteiger partial charge in [0.25, 0.3) is 0 Å². The van der Waals surface area contributed by atoms with E-state index in [1.807, 2.05) is 72.1 Å². The molecule has 0 amide bonds. The lowest BCUT2D eigenvalue weighted by Gasteiger charge is -1.99. The molecular weight excluding hydrogens is 408 g/mol. The minimum absolute atomic E-state index is 0.436. The van der Waals surface area contributed by atoms with E-state index in [9.17, 15) is 0 Å². The molecule has 0 fully saturated rings. The van der Waals surface area contributed by atoms with Crippen LogP contribution in [0.15, 0.2) is 55.5 Å². The highest BCUT2D eigenvalue weighted by Crippen LogP contribution is 2.09. The van der Waals surface area contributed by atoms with Crippen molar-refractivity contribution in [1.29, 1.82) is 0 Å². The van der Waals surface area contributed by atoms with Crippen molar-refractivity contribution < 1.29 is 0 Å². The van der Waals surface area contributed by atoms with Crippen LogP contribution in [0.4, 0.5) is 0 Å². The van der Waals surface area contributed by atoms with Crippen LogP contribution in [-0.4, -0.2) is 30.1 Å². The Balaban J connectivity index is -0.000000367. The van der Waals surface area contributed by atoms with Crippen molar-refractivity contribution in [3.63, 3.8) is 0 Å². The average molecular weight is 457 g/mol. The van der Waals surface area contributed by atoms with Crippen molar-refractivity contribution in [2.75, 3.05) is 0 Å². The maximum absolute atomic E-state index is 4.07. The van der Waals surface area contributed by atoms with Gasteiger partial charge in [-0.1, -0.05) is 83.1 Å². The molecule has 0 radical (unpaired) electrons. The molecule has 0 N–H and O–H groups in total. The van der Waals surface area contributed by atoms with Gasteiger partial charge in [0, 0.05) is 36.9 Å². The van der Waals surface area contributed by atoms with Gasteiger partial charge in [-0.2, -0.15) is 10.2 Å². The van der Waals surface area contributed by atoms with Crippen molar-refractivity contribution >= 4 is 0 Å².